The largest absolute Gasteiger partial charge is 0.345 e. The van der Waals surface area contributed by atoms with Crippen LogP contribution in [0.25, 0.3) is 10.7 Å². The van der Waals surface area contributed by atoms with Gasteiger partial charge in [0.25, 0.3) is 0 Å². The van der Waals surface area contributed by atoms with E-state index in [0.717, 1.165) is 26.3 Å². The van der Waals surface area contributed by atoms with E-state index in [1.807, 2.05) is 54.4 Å². The lowest BCUT2D eigenvalue weighted by atomic mass is 10.2. The van der Waals surface area contributed by atoms with E-state index in [0.29, 0.717) is 6.54 Å². The summed E-state index contributed by atoms with van der Waals surface area (Å²) in [4.78, 5) is 7.17. The molecule has 0 aliphatic carbocycles. The maximum absolute atomic E-state index is 11.4. The summed E-state index contributed by atoms with van der Waals surface area (Å²) in [7, 11) is 1.04. The van der Waals surface area contributed by atoms with Gasteiger partial charge >= 0.3 is 0 Å². The van der Waals surface area contributed by atoms with Gasteiger partial charge in [0.05, 0.1) is 0 Å². The predicted molar refractivity (Wildman–Crippen MR) is 94.0 cm³/mol. The van der Waals surface area contributed by atoms with Crippen molar-refractivity contribution in [3.8, 4) is 10.7 Å². The first-order valence-corrected chi connectivity index (χ1v) is 9.39. The van der Waals surface area contributed by atoms with Crippen LogP contribution in [0.3, 0.4) is 0 Å². The molecule has 0 saturated carbocycles. The number of anilines is 1. The van der Waals surface area contributed by atoms with Gasteiger partial charge in [0.15, 0.2) is 5.01 Å². The van der Waals surface area contributed by atoms with E-state index in [2.05, 4.69) is 15.2 Å². The quantitative estimate of drug-likeness (QED) is 0.712. The third-order valence-corrected chi connectivity index (χ3v) is 5.30. The SMILES string of the molecule is CN(Cc1ccc(S(C)=O)cc1)c1nnc(-c2ccccn2)s1. The third-order valence-electron chi connectivity index (χ3n) is 3.30. The van der Waals surface area contributed by atoms with Gasteiger partial charge in [-0.3, -0.25) is 9.19 Å². The molecule has 1 unspecified atom stereocenters. The van der Waals surface area contributed by atoms with Gasteiger partial charge in [-0.05, 0) is 29.8 Å². The van der Waals surface area contributed by atoms with Gasteiger partial charge in [-0.1, -0.05) is 29.5 Å². The summed E-state index contributed by atoms with van der Waals surface area (Å²) >= 11 is 1.51. The lowest BCUT2D eigenvalue weighted by molar-refractivity contribution is 0.687. The minimum Gasteiger partial charge on any atom is -0.345 e. The molecule has 0 amide bonds. The molecular formula is C16H16N4OS2. The fourth-order valence-electron chi connectivity index (χ4n) is 2.09. The van der Waals surface area contributed by atoms with Crippen LogP contribution in [0.4, 0.5) is 5.13 Å². The first kappa shape index (κ1) is 15.8. The minimum atomic E-state index is -0.945. The van der Waals surface area contributed by atoms with Crippen molar-refractivity contribution in [3.05, 3.63) is 54.2 Å². The molecular weight excluding hydrogens is 328 g/mol. The Labute approximate surface area is 141 Å². The van der Waals surface area contributed by atoms with Crippen molar-refractivity contribution in [2.75, 3.05) is 18.2 Å². The highest BCUT2D eigenvalue weighted by Crippen LogP contribution is 2.27. The highest BCUT2D eigenvalue weighted by atomic mass is 32.2. The number of aromatic nitrogens is 3. The zero-order chi connectivity index (χ0) is 16.2. The first-order chi connectivity index (χ1) is 11.1. The second kappa shape index (κ2) is 6.97. The van der Waals surface area contributed by atoms with Gasteiger partial charge < -0.3 is 4.90 Å². The number of rotatable bonds is 5. The van der Waals surface area contributed by atoms with Gasteiger partial charge in [-0.25, -0.2) is 0 Å². The Morgan fingerprint density at radius 3 is 2.57 bits per heavy atom. The van der Waals surface area contributed by atoms with Gasteiger partial charge in [-0.15, -0.1) is 10.2 Å². The van der Waals surface area contributed by atoms with Crippen molar-refractivity contribution in [2.45, 2.75) is 11.4 Å². The van der Waals surface area contributed by atoms with E-state index in [1.54, 1.807) is 12.5 Å². The number of hydrogen-bond donors (Lipinski definition) is 0. The average Bonchev–Trinajstić information content (AvgIpc) is 3.06. The lowest BCUT2D eigenvalue weighted by Crippen LogP contribution is -2.16. The Morgan fingerprint density at radius 2 is 1.91 bits per heavy atom. The molecule has 1 aromatic carbocycles. The summed E-state index contributed by atoms with van der Waals surface area (Å²) in [6, 6.07) is 13.5. The molecule has 0 spiro atoms. The van der Waals surface area contributed by atoms with Crippen LogP contribution >= 0.6 is 11.3 Å². The molecule has 0 radical (unpaired) electrons. The predicted octanol–water partition coefficient (Wildman–Crippen LogP) is 2.97. The molecule has 3 aromatic rings. The van der Waals surface area contributed by atoms with Gasteiger partial charge in [0, 0.05) is 41.7 Å². The summed E-state index contributed by atoms with van der Waals surface area (Å²) < 4.78 is 11.4. The molecule has 0 N–H and O–H groups in total. The standard InChI is InChI=1S/C16H16N4OS2/c1-20(11-12-6-8-13(9-7-12)23(2)21)16-19-18-15(22-16)14-5-3-4-10-17-14/h3-10H,11H2,1-2H3. The number of hydrogen-bond acceptors (Lipinski definition) is 6. The molecule has 0 saturated heterocycles. The molecule has 2 aromatic heterocycles. The van der Waals surface area contributed by atoms with E-state index < -0.39 is 10.8 Å². The maximum Gasteiger partial charge on any atom is 0.208 e. The molecule has 118 valence electrons. The maximum atomic E-state index is 11.4. The number of pyridine rings is 1. The average molecular weight is 344 g/mol. The second-order valence-electron chi connectivity index (χ2n) is 5.06. The number of nitrogens with zero attached hydrogens (tertiary/aromatic N) is 4. The molecule has 0 aliphatic rings. The zero-order valence-electron chi connectivity index (χ0n) is 12.8. The Kier molecular flexibility index (Phi) is 4.78. The van der Waals surface area contributed by atoms with Gasteiger partial charge in [0.2, 0.25) is 5.13 Å². The second-order valence-corrected chi connectivity index (χ2v) is 7.39. The van der Waals surface area contributed by atoms with Crippen molar-refractivity contribution in [1.82, 2.24) is 15.2 Å². The van der Waals surface area contributed by atoms with Crippen LogP contribution in [0.15, 0.2) is 53.6 Å². The Hall–Kier alpha value is -2.12. The Morgan fingerprint density at radius 1 is 1.13 bits per heavy atom. The highest BCUT2D eigenvalue weighted by molar-refractivity contribution is 7.84. The molecule has 7 heteroatoms. The van der Waals surface area contributed by atoms with Crippen molar-refractivity contribution >= 4 is 27.3 Å². The van der Waals surface area contributed by atoms with Crippen molar-refractivity contribution in [3.63, 3.8) is 0 Å². The fourth-order valence-corrected chi connectivity index (χ4v) is 3.39. The lowest BCUT2D eigenvalue weighted by Gasteiger charge is -2.15. The summed E-state index contributed by atoms with van der Waals surface area (Å²) in [6.45, 7) is 0.716. The monoisotopic (exact) mass is 344 g/mol. The fraction of sp³-hybridized carbons (Fsp3) is 0.188. The van der Waals surface area contributed by atoms with Crippen LogP contribution in [0.5, 0.6) is 0 Å². The summed E-state index contributed by atoms with van der Waals surface area (Å²) in [5.74, 6) is 0. The van der Waals surface area contributed by atoms with Gasteiger partial charge in [-0.2, -0.15) is 0 Å². The van der Waals surface area contributed by atoms with E-state index in [-0.39, 0.29) is 0 Å². The smallest absolute Gasteiger partial charge is 0.208 e. The molecule has 0 bridgehead atoms. The molecule has 0 fully saturated rings. The van der Waals surface area contributed by atoms with Crippen LogP contribution in [0.2, 0.25) is 0 Å². The zero-order valence-corrected chi connectivity index (χ0v) is 14.5. The Balaban J connectivity index is 1.72. The van der Waals surface area contributed by atoms with Crippen LogP contribution in [0.1, 0.15) is 5.56 Å². The van der Waals surface area contributed by atoms with Crippen molar-refractivity contribution in [2.24, 2.45) is 0 Å². The van der Waals surface area contributed by atoms with Crippen LogP contribution in [-0.2, 0) is 17.3 Å². The normalized spacial score (nSPS) is 12.1. The number of benzene rings is 1. The van der Waals surface area contributed by atoms with E-state index in [1.165, 1.54) is 11.3 Å². The van der Waals surface area contributed by atoms with E-state index in [9.17, 15) is 4.21 Å². The molecule has 2 heterocycles. The van der Waals surface area contributed by atoms with Gasteiger partial charge in [0.1, 0.15) is 5.69 Å². The van der Waals surface area contributed by atoms with Crippen molar-refractivity contribution in [1.29, 1.82) is 0 Å². The summed E-state index contributed by atoms with van der Waals surface area (Å²) in [5.41, 5.74) is 1.97. The highest BCUT2D eigenvalue weighted by Gasteiger charge is 2.11. The molecule has 1 atom stereocenters. The minimum absolute atomic E-state index is 0.716. The summed E-state index contributed by atoms with van der Waals surface area (Å²) in [6.07, 6.45) is 3.43. The van der Waals surface area contributed by atoms with Crippen LogP contribution < -0.4 is 4.90 Å². The van der Waals surface area contributed by atoms with E-state index in [4.69, 9.17) is 0 Å². The third kappa shape index (κ3) is 3.80. The topological polar surface area (TPSA) is 59.0 Å². The molecule has 23 heavy (non-hydrogen) atoms. The van der Waals surface area contributed by atoms with Crippen molar-refractivity contribution < 1.29 is 4.21 Å². The molecule has 5 nitrogen and oxygen atoms in total. The van der Waals surface area contributed by atoms with E-state index >= 15 is 0 Å². The molecule has 3 rings (SSSR count). The van der Waals surface area contributed by atoms with Crippen LogP contribution in [0, 0.1) is 0 Å². The first-order valence-electron chi connectivity index (χ1n) is 7.02. The summed E-state index contributed by atoms with van der Waals surface area (Å²) in [5, 5.41) is 10.1. The van der Waals surface area contributed by atoms with Crippen LogP contribution in [-0.4, -0.2) is 32.7 Å². The molecule has 0 aliphatic heterocycles. The Bertz CT molecular complexity index is 802.